The van der Waals surface area contributed by atoms with Crippen LogP contribution in [0.15, 0.2) is 65.5 Å². The van der Waals surface area contributed by atoms with Crippen LogP contribution in [0.5, 0.6) is 5.75 Å². The van der Waals surface area contributed by atoms with Crippen LogP contribution in [-0.4, -0.2) is 22.8 Å². The van der Waals surface area contributed by atoms with Gasteiger partial charge in [-0.25, -0.2) is 4.68 Å². The number of anilines is 1. The number of rotatable bonds is 5. The van der Waals surface area contributed by atoms with E-state index < -0.39 is 6.04 Å². The lowest BCUT2D eigenvalue weighted by Crippen LogP contribution is -2.33. The van der Waals surface area contributed by atoms with Crippen LogP contribution in [0.1, 0.15) is 18.5 Å². The molecule has 3 aromatic rings. The van der Waals surface area contributed by atoms with Crippen molar-refractivity contribution in [2.75, 3.05) is 12.4 Å². The summed E-state index contributed by atoms with van der Waals surface area (Å²) in [6.07, 6.45) is 0. The zero-order chi connectivity index (χ0) is 19.4. The van der Waals surface area contributed by atoms with E-state index in [2.05, 4.69) is 10.4 Å². The van der Waals surface area contributed by atoms with Crippen LogP contribution in [0.2, 0.25) is 0 Å². The highest BCUT2D eigenvalue weighted by atomic mass is 16.5. The van der Waals surface area contributed by atoms with E-state index >= 15 is 0 Å². The van der Waals surface area contributed by atoms with Gasteiger partial charge in [-0.3, -0.25) is 9.59 Å². The molecule has 0 saturated heterocycles. The van der Waals surface area contributed by atoms with Crippen molar-refractivity contribution >= 4 is 11.6 Å². The van der Waals surface area contributed by atoms with Gasteiger partial charge in [0.05, 0.1) is 12.8 Å². The van der Waals surface area contributed by atoms with E-state index in [1.807, 2.05) is 31.2 Å². The Morgan fingerprint density at radius 2 is 1.85 bits per heavy atom. The molecule has 0 radical (unpaired) electrons. The van der Waals surface area contributed by atoms with E-state index in [4.69, 9.17) is 4.74 Å². The SMILES string of the molecule is COc1cccc(NC(=O)[C@@H](C)n2nc(-c3ccc(C)cc3)ccc2=O)c1. The van der Waals surface area contributed by atoms with Gasteiger partial charge in [0.25, 0.3) is 5.56 Å². The number of carbonyl (C=O) groups is 1. The lowest BCUT2D eigenvalue weighted by molar-refractivity contribution is -0.119. The average Bonchev–Trinajstić information content (AvgIpc) is 2.68. The highest BCUT2D eigenvalue weighted by Crippen LogP contribution is 2.19. The number of aryl methyl sites for hydroxylation is 1. The smallest absolute Gasteiger partial charge is 0.267 e. The van der Waals surface area contributed by atoms with Gasteiger partial charge in [0, 0.05) is 23.4 Å². The van der Waals surface area contributed by atoms with Crippen molar-refractivity contribution in [1.29, 1.82) is 0 Å². The Balaban J connectivity index is 1.85. The maximum Gasteiger partial charge on any atom is 0.267 e. The van der Waals surface area contributed by atoms with Crippen molar-refractivity contribution in [3.63, 3.8) is 0 Å². The number of methoxy groups -OCH3 is 1. The van der Waals surface area contributed by atoms with Gasteiger partial charge in [0.15, 0.2) is 0 Å². The molecule has 0 aliphatic carbocycles. The molecule has 0 aliphatic heterocycles. The molecule has 1 atom stereocenters. The van der Waals surface area contributed by atoms with Gasteiger partial charge in [0.2, 0.25) is 5.91 Å². The zero-order valence-electron chi connectivity index (χ0n) is 15.5. The first-order chi connectivity index (χ1) is 13.0. The van der Waals surface area contributed by atoms with E-state index in [0.29, 0.717) is 17.1 Å². The van der Waals surface area contributed by atoms with Gasteiger partial charge in [-0.2, -0.15) is 5.10 Å². The summed E-state index contributed by atoms with van der Waals surface area (Å²) in [7, 11) is 1.56. The van der Waals surface area contributed by atoms with Crippen molar-refractivity contribution in [3.05, 3.63) is 76.6 Å². The second-order valence-electron chi connectivity index (χ2n) is 6.26. The number of benzene rings is 2. The lowest BCUT2D eigenvalue weighted by Gasteiger charge is -2.15. The van der Waals surface area contributed by atoms with Gasteiger partial charge < -0.3 is 10.1 Å². The molecule has 1 N–H and O–H groups in total. The third-order valence-electron chi connectivity index (χ3n) is 4.26. The Kier molecular flexibility index (Phi) is 5.35. The Morgan fingerprint density at radius 1 is 1.11 bits per heavy atom. The molecule has 0 aliphatic rings. The number of amides is 1. The predicted octanol–water partition coefficient (Wildman–Crippen LogP) is 3.43. The average molecular weight is 363 g/mol. The Morgan fingerprint density at radius 3 is 2.56 bits per heavy atom. The van der Waals surface area contributed by atoms with E-state index in [1.54, 1.807) is 44.4 Å². The molecule has 6 heteroatoms. The number of hydrogen-bond donors (Lipinski definition) is 1. The molecule has 0 spiro atoms. The molecule has 2 aromatic carbocycles. The molecule has 1 heterocycles. The molecular weight excluding hydrogens is 342 g/mol. The van der Waals surface area contributed by atoms with Crippen molar-refractivity contribution in [1.82, 2.24) is 9.78 Å². The first-order valence-corrected chi connectivity index (χ1v) is 8.60. The van der Waals surface area contributed by atoms with Gasteiger partial charge >= 0.3 is 0 Å². The third kappa shape index (κ3) is 4.23. The second kappa shape index (κ2) is 7.86. The Bertz CT molecular complexity index is 1010. The summed E-state index contributed by atoms with van der Waals surface area (Å²) in [5.41, 5.74) is 2.91. The van der Waals surface area contributed by atoms with Crippen molar-refractivity contribution in [3.8, 4) is 17.0 Å². The van der Waals surface area contributed by atoms with E-state index in [9.17, 15) is 9.59 Å². The van der Waals surface area contributed by atoms with Crippen LogP contribution < -0.4 is 15.6 Å². The monoisotopic (exact) mass is 363 g/mol. The molecule has 0 saturated carbocycles. The normalized spacial score (nSPS) is 11.7. The molecular formula is C21H21N3O3. The van der Waals surface area contributed by atoms with Crippen LogP contribution in [0.25, 0.3) is 11.3 Å². The fourth-order valence-electron chi connectivity index (χ4n) is 2.64. The van der Waals surface area contributed by atoms with Gasteiger partial charge in [-0.1, -0.05) is 35.9 Å². The molecule has 1 aromatic heterocycles. The third-order valence-corrected chi connectivity index (χ3v) is 4.26. The number of ether oxygens (including phenoxy) is 1. The summed E-state index contributed by atoms with van der Waals surface area (Å²) in [6, 6.07) is 17.2. The molecule has 6 nitrogen and oxygen atoms in total. The van der Waals surface area contributed by atoms with Gasteiger partial charge in [-0.05, 0) is 32.0 Å². The summed E-state index contributed by atoms with van der Waals surface area (Å²) in [5, 5.41) is 7.18. The molecule has 138 valence electrons. The van der Waals surface area contributed by atoms with Crippen LogP contribution in [0.4, 0.5) is 5.69 Å². The summed E-state index contributed by atoms with van der Waals surface area (Å²) in [4.78, 5) is 24.9. The minimum Gasteiger partial charge on any atom is -0.497 e. The molecule has 3 rings (SSSR count). The first kappa shape index (κ1) is 18.4. The van der Waals surface area contributed by atoms with Crippen LogP contribution >= 0.6 is 0 Å². The topological polar surface area (TPSA) is 73.2 Å². The lowest BCUT2D eigenvalue weighted by atomic mass is 10.1. The summed E-state index contributed by atoms with van der Waals surface area (Å²) in [6.45, 7) is 3.64. The number of hydrogen-bond acceptors (Lipinski definition) is 4. The maximum absolute atomic E-state index is 12.6. The second-order valence-corrected chi connectivity index (χ2v) is 6.26. The first-order valence-electron chi connectivity index (χ1n) is 8.60. The quantitative estimate of drug-likeness (QED) is 0.754. The fraction of sp³-hybridized carbons (Fsp3) is 0.190. The van der Waals surface area contributed by atoms with Gasteiger partial charge in [-0.15, -0.1) is 0 Å². The minimum absolute atomic E-state index is 0.334. The van der Waals surface area contributed by atoms with Crippen LogP contribution in [-0.2, 0) is 4.79 Å². The van der Waals surface area contributed by atoms with Gasteiger partial charge in [0.1, 0.15) is 11.8 Å². The van der Waals surface area contributed by atoms with E-state index in [-0.39, 0.29) is 11.5 Å². The number of carbonyl (C=O) groups excluding carboxylic acids is 1. The highest BCUT2D eigenvalue weighted by Gasteiger charge is 2.18. The zero-order valence-corrected chi connectivity index (χ0v) is 15.5. The summed E-state index contributed by atoms with van der Waals surface area (Å²) < 4.78 is 6.35. The summed E-state index contributed by atoms with van der Waals surface area (Å²) >= 11 is 0. The van der Waals surface area contributed by atoms with Crippen molar-refractivity contribution < 1.29 is 9.53 Å². The van der Waals surface area contributed by atoms with Crippen molar-refractivity contribution in [2.45, 2.75) is 19.9 Å². The Hall–Kier alpha value is -3.41. The number of aromatic nitrogens is 2. The fourth-order valence-corrected chi connectivity index (χ4v) is 2.64. The standard InChI is InChI=1S/C21H21N3O3/c1-14-7-9-16(10-8-14)19-11-12-20(25)24(23-19)15(2)21(26)22-17-5-4-6-18(13-17)27-3/h4-13,15H,1-3H3,(H,22,26)/t15-/m1/s1. The minimum atomic E-state index is -0.769. The maximum atomic E-state index is 12.6. The number of nitrogens with zero attached hydrogens (tertiary/aromatic N) is 2. The summed E-state index contributed by atoms with van der Waals surface area (Å²) in [5.74, 6) is 0.302. The largest absolute Gasteiger partial charge is 0.497 e. The van der Waals surface area contributed by atoms with E-state index in [1.165, 1.54) is 10.7 Å². The molecule has 0 unspecified atom stereocenters. The number of nitrogens with one attached hydrogen (secondary N) is 1. The van der Waals surface area contributed by atoms with E-state index in [0.717, 1.165) is 11.1 Å². The molecule has 27 heavy (non-hydrogen) atoms. The molecule has 0 fully saturated rings. The van der Waals surface area contributed by atoms with Crippen LogP contribution in [0, 0.1) is 6.92 Å². The molecule has 1 amide bonds. The predicted molar refractivity (Wildman–Crippen MR) is 105 cm³/mol. The Labute approximate surface area is 157 Å². The highest BCUT2D eigenvalue weighted by molar-refractivity contribution is 5.93. The van der Waals surface area contributed by atoms with Crippen LogP contribution in [0.3, 0.4) is 0 Å². The molecule has 0 bridgehead atoms. The van der Waals surface area contributed by atoms with Crippen molar-refractivity contribution in [2.24, 2.45) is 0 Å².